The monoisotopic (exact) mass is 1150 g/mol. The average molecular weight is 1150 g/mol. The lowest BCUT2D eigenvalue weighted by Gasteiger charge is -2.48. The molecule has 3 aliphatic rings. The van der Waals surface area contributed by atoms with Gasteiger partial charge in [-0.05, 0) is 38.5 Å². The Balaban J connectivity index is 1.44. The normalized spacial score (nSPS) is 30.0. The Labute approximate surface area is 480 Å². The standard InChI is InChI=1S/C61H115NO18/c1-3-5-7-9-11-13-15-17-18-19-20-21-22-23-24-25-26-27-29-31-33-35-37-39-49(67)62-44(45(66)38-36-34-32-30-28-16-14-12-10-8-6-4-2)43-75-59-55(73)52(70)57(47(41-64)77-59)80-61-56(74)53(71)58(48(42-65)78-61)79-60-54(72)51(69)50(68)46(40-63)76-60/h19-20,44-48,50-61,63-66,68-74H,3-18,21-43H2,1-2H3,(H,62,67)/b20-19-. The average Bonchev–Trinajstić information content (AvgIpc) is 3.45. The second-order valence-corrected chi connectivity index (χ2v) is 23.2. The van der Waals surface area contributed by atoms with Gasteiger partial charge in [-0.25, -0.2) is 0 Å². The smallest absolute Gasteiger partial charge is 0.220 e. The highest BCUT2D eigenvalue weighted by Crippen LogP contribution is 2.33. The van der Waals surface area contributed by atoms with Crippen LogP contribution in [0.15, 0.2) is 12.2 Å². The predicted octanol–water partition coefficient (Wildman–Crippen LogP) is 6.55. The first-order valence-corrected chi connectivity index (χ1v) is 31.9. The first-order valence-electron chi connectivity index (χ1n) is 31.9. The van der Waals surface area contributed by atoms with Crippen LogP contribution in [0.25, 0.3) is 0 Å². The van der Waals surface area contributed by atoms with Crippen molar-refractivity contribution in [2.24, 2.45) is 0 Å². The predicted molar refractivity (Wildman–Crippen MR) is 305 cm³/mol. The fourth-order valence-corrected chi connectivity index (χ4v) is 11.1. The van der Waals surface area contributed by atoms with E-state index in [4.69, 9.17) is 28.4 Å². The number of hydrogen-bond acceptors (Lipinski definition) is 18. The lowest BCUT2D eigenvalue weighted by molar-refractivity contribution is -0.379. The number of aliphatic hydroxyl groups is 11. The van der Waals surface area contributed by atoms with Crippen LogP contribution in [-0.2, 0) is 33.2 Å². The van der Waals surface area contributed by atoms with Crippen LogP contribution in [0.1, 0.15) is 239 Å². The minimum atomic E-state index is -1.97. The maximum Gasteiger partial charge on any atom is 0.220 e. The van der Waals surface area contributed by atoms with Crippen molar-refractivity contribution < 1.29 is 89.4 Å². The fourth-order valence-electron chi connectivity index (χ4n) is 11.1. The Kier molecular flexibility index (Phi) is 40.9. The quantitative estimate of drug-likeness (QED) is 0.0227. The van der Waals surface area contributed by atoms with Crippen molar-refractivity contribution in [1.29, 1.82) is 0 Å². The van der Waals surface area contributed by atoms with Gasteiger partial charge in [0.15, 0.2) is 18.9 Å². The van der Waals surface area contributed by atoms with Gasteiger partial charge >= 0.3 is 0 Å². The molecular formula is C61H115NO18. The van der Waals surface area contributed by atoms with Crippen LogP contribution in [0.3, 0.4) is 0 Å². The van der Waals surface area contributed by atoms with E-state index in [1.807, 2.05) is 0 Å². The molecule has 0 aliphatic carbocycles. The molecule has 0 aromatic rings. The number of unbranched alkanes of at least 4 members (excludes halogenated alkanes) is 30. The van der Waals surface area contributed by atoms with Gasteiger partial charge in [-0.15, -0.1) is 0 Å². The molecule has 1 amide bonds. The van der Waals surface area contributed by atoms with Crippen LogP contribution >= 0.6 is 0 Å². The van der Waals surface area contributed by atoms with Crippen molar-refractivity contribution in [1.82, 2.24) is 5.32 Å². The van der Waals surface area contributed by atoms with Crippen molar-refractivity contribution in [3.8, 4) is 0 Å². The van der Waals surface area contributed by atoms with Crippen LogP contribution < -0.4 is 5.32 Å². The summed E-state index contributed by atoms with van der Waals surface area (Å²) in [6, 6.07) is -0.883. The summed E-state index contributed by atoms with van der Waals surface area (Å²) >= 11 is 0. The van der Waals surface area contributed by atoms with Crippen molar-refractivity contribution in [3.05, 3.63) is 12.2 Å². The Morgan fingerprint density at radius 2 is 0.787 bits per heavy atom. The van der Waals surface area contributed by atoms with E-state index in [-0.39, 0.29) is 18.9 Å². The van der Waals surface area contributed by atoms with Crippen LogP contribution in [0.5, 0.6) is 0 Å². The van der Waals surface area contributed by atoms with Crippen LogP contribution in [0.2, 0.25) is 0 Å². The molecule has 17 atom stereocenters. The molecule has 3 saturated heterocycles. The lowest BCUT2D eigenvalue weighted by Crippen LogP contribution is -2.66. The summed E-state index contributed by atoms with van der Waals surface area (Å²) in [5, 5.41) is 120. The molecule has 3 heterocycles. The molecule has 12 N–H and O–H groups in total. The summed E-state index contributed by atoms with van der Waals surface area (Å²) in [5.74, 6) is -0.242. The minimum absolute atomic E-state index is 0.242. The number of amides is 1. The molecule has 80 heavy (non-hydrogen) atoms. The highest BCUT2D eigenvalue weighted by molar-refractivity contribution is 5.76. The van der Waals surface area contributed by atoms with Gasteiger partial charge in [0.05, 0.1) is 38.6 Å². The van der Waals surface area contributed by atoms with Gasteiger partial charge in [0.2, 0.25) is 5.91 Å². The van der Waals surface area contributed by atoms with Crippen molar-refractivity contribution >= 4 is 5.91 Å². The van der Waals surface area contributed by atoms with Crippen molar-refractivity contribution in [2.75, 3.05) is 26.4 Å². The number of aliphatic hydroxyl groups excluding tert-OH is 11. The molecule has 0 aromatic carbocycles. The summed E-state index contributed by atoms with van der Waals surface area (Å²) in [6.45, 7) is 1.79. The zero-order valence-corrected chi connectivity index (χ0v) is 49.3. The van der Waals surface area contributed by atoms with E-state index in [2.05, 4.69) is 31.3 Å². The maximum absolute atomic E-state index is 13.4. The summed E-state index contributed by atoms with van der Waals surface area (Å²) in [7, 11) is 0. The lowest BCUT2D eigenvalue weighted by atomic mass is 9.96. The number of allylic oxidation sites excluding steroid dienone is 2. The van der Waals surface area contributed by atoms with Crippen LogP contribution in [-0.4, -0.2) is 193 Å². The third kappa shape index (κ3) is 28.2. The zero-order chi connectivity index (χ0) is 58.3. The van der Waals surface area contributed by atoms with Gasteiger partial charge in [-0.1, -0.05) is 206 Å². The highest BCUT2D eigenvalue weighted by Gasteiger charge is 2.53. The second kappa shape index (κ2) is 44.9. The Bertz CT molecular complexity index is 1510. The first kappa shape index (κ1) is 72.8. The highest BCUT2D eigenvalue weighted by atomic mass is 16.8. The number of rotatable bonds is 48. The van der Waals surface area contributed by atoms with Crippen molar-refractivity contribution in [3.63, 3.8) is 0 Å². The van der Waals surface area contributed by atoms with E-state index in [9.17, 15) is 61.0 Å². The molecule has 0 aromatic heterocycles. The molecule has 17 unspecified atom stereocenters. The summed E-state index contributed by atoms with van der Waals surface area (Å²) in [6.07, 6.45) is 18.7. The van der Waals surface area contributed by atoms with Crippen LogP contribution in [0, 0.1) is 0 Å². The van der Waals surface area contributed by atoms with Crippen LogP contribution in [0.4, 0.5) is 0 Å². The second-order valence-electron chi connectivity index (χ2n) is 23.2. The number of ether oxygens (including phenoxy) is 6. The summed E-state index contributed by atoms with van der Waals surface area (Å²) in [4.78, 5) is 13.4. The fraction of sp³-hybridized carbons (Fsp3) is 0.951. The van der Waals surface area contributed by atoms with E-state index in [1.165, 1.54) is 161 Å². The Morgan fingerprint density at radius 1 is 0.438 bits per heavy atom. The SMILES string of the molecule is CCCCCCCCCC/C=C\CCCCCCCCCCCCCC(=O)NC(COC1OC(CO)C(OC2OC(CO)C(OC3OC(CO)C(O)C(O)C3O)C(O)C2O)C(O)C1O)C(O)CCCCCCCCCCCCCC. The minimum Gasteiger partial charge on any atom is -0.394 e. The van der Waals surface area contributed by atoms with E-state index in [0.29, 0.717) is 12.8 Å². The number of nitrogens with one attached hydrogen (secondary N) is 1. The van der Waals surface area contributed by atoms with E-state index in [1.54, 1.807) is 0 Å². The van der Waals surface area contributed by atoms with Crippen molar-refractivity contribution in [2.45, 2.75) is 343 Å². The molecule has 3 aliphatic heterocycles. The number of carbonyl (C=O) groups excluding carboxylic acids is 1. The molecule has 3 rings (SSSR count). The van der Waals surface area contributed by atoms with Gasteiger partial charge in [0.1, 0.15) is 73.2 Å². The largest absolute Gasteiger partial charge is 0.394 e. The van der Waals surface area contributed by atoms with Gasteiger partial charge in [0.25, 0.3) is 0 Å². The molecule has 0 radical (unpaired) electrons. The molecular weight excluding hydrogens is 1030 g/mol. The van der Waals surface area contributed by atoms with E-state index < -0.39 is 124 Å². The van der Waals surface area contributed by atoms with E-state index >= 15 is 0 Å². The summed E-state index contributed by atoms with van der Waals surface area (Å²) in [5.41, 5.74) is 0. The maximum atomic E-state index is 13.4. The summed E-state index contributed by atoms with van der Waals surface area (Å²) < 4.78 is 34.3. The third-order valence-electron chi connectivity index (χ3n) is 16.3. The topological polar surface area (TPSA) is 307 Å². The van der Waals surface area contributed by atoms with Gasteiger partial charge in [-0.2, -0.15) is 0 Å². The Morgan fingerprint density at radius 3 is 1.21 bits per heavy atom. The van der Waals surface area contributed by atoms with Gasteiger partial charge in [-0.3, -0.25) is 4.79 Å². The third-order valence-corrected chi connectivity index (χ3v) is 16.3. The Hall–Kier alpha value is -1.47. The molecule has 0 bridgehead atoms. The van der Waals surface area contributed by atoms with E-state index in [0.717, 1.165) is 44.9 Å². The zero-order valence-electron chi connectivity index (χ0n) is 49.3. The first-order chi connectivity index (χ1) is 38.8. The molecule has 19 nitrogen and oxygen atoms in total. The number of hydrogen-bond donors (Lipinski definition) is 12. The molecule has 19 heteroatoms. The van der Waals surface area contributed by atoms with Gasteiger partial charge in [0, 0.05) is 6.42 Å². The van der Waals surface area contributed by atoms with Gasteiger partial charge < -0.3 is 89.9 Å². The molecule has 3 fully saturated rings. The molecule has 472 valence electrons. The molecule has 0 saturated carbocycles. The molecule has 0 spiro atoms. The number of carbonyl (C=O) groups is 1.